The van der Waals surface area contributed by atoms with Crippen LogP contribution in [-0.4, -0.2) is 49.4 Å². The van der Waals surface area contributed by atoms with Crippen molar-refractivity contribution in [3.05, 3.63) is 5.82 Å². The number of tetrazole rings is 1. The van der Waals surface area contributed by atoms with E-state index in [1.807, 2.05) is 6.92 Å². The van der Waals surface area contributed by atoms with Gasteiger partial charge in [-0.3, -0.25) is 19.8 Å². The Morgan fingerprint density at radius 2 is 2.05 bits per heavy atom. The average Bonchev–Trinajstić information content (AvgIpc) is 3.09. The maximum Gasteiger partial charge on any atom is 0.247 e. The highest BCUT2D eigenvalue weighted by Crippen LogP contribution is 2.27. The Balaban J connectivity index is 1.65. The van der Waals surface area contributed by atoms with Crippen molar-refractivity contribution in [2.75, 3.05) is 0 Å². The molecule has 3 rings (SSSR count). The molecular weight excluding hydrogens is 272 g/mol. The molecule has 1 saturated carbocycles. The van der Waals surface area contributed by atoms with Gasteiger partial charge in [-0.25, -0.2) is 0 Å². The quantitative estimate of drug-likeness (QED) is 0.774. The number of amides is 2. The highest BCUT2D eigenvalue weighted by molar-refractivity contribution is 6.05. The fourth-order valence-corrected chi connectivity index (χ4v) is 3.23. The van der Waals surface area contributed by atoms with E-state index in [9.17, 15) is 9.59 Å². The van der Waals surface area contributed by atoms with E-state index in [1.54, 1.807) is 0 Å². The Kier molecular flexibility index (Phi) is 3.96. The zero-order valence-corrected chi connectivity index (χ0v) is 12.1. The van der Waals surface area contributed by atoms with Crippen molar-refractivity contribution in [1.82, 2.24) is 30.8 Å². The molecule has 2 amide bonds. The summed E-state index contributed by atoms with van der Waals surface area (Å²) < 4.78 is 0. The smallest absolute Gasteiger partial charge is 0.247 e. The first-order chi connectivity index (χ1) is 10.2. The number of H-pyrrole nitrogens is 1. The maximum atomic E-state index is 12.5. The SMILES string of the molecule is CC(NC1CC(=O)N(C2CCCCC2)C1=O)c1nn[nH]n1. The number of carbonyl (C=O) groups is 2. The summed E-state index contributed by atoms with van der Waals surface area (Å²) in [6.07, 6.45) is 5.48. The van der Waals surface area contributed by atoms with Crippen molar-refractivity contribution >= 4 is 11.8 Å². The second-order valence-corrected chi connectivity index (χ2v) is 5.81. The van der Waals surface area contributed by atoms with Crippen LogP contribution in [0, 0.1) is 0 Å². The van der Waals surface area contributed by atoms with Gasteiger partial charge in [-0.1, -0.05) is 24.5 Å². The predicted molar refractivity (Wildman–Crippen MR) is 72.9 cm³/mol. The third-order valence-electron chi connectivity index (χ3n) is 4.32. The molecule has 2 heterocycles. The summed E-state index contributed by atoms with van der Waals surface area (Å²) >= 11 is 0. The fraction of sp³-hybridized carbons (Fsp3) is 0.769. The minimum Gasteiger partial charge on any atom is -0.296 e. The van der Waals surface area contributed by atoms with Crippen molar-refractivity contribution in [3.8, 4) is 0 Å². The number of rotatable bonds is 4. The van der Waals surface area contributed by atoms with Gasteiger partial charge in [-0.15, -0.1) is 10.2 Å². The predicted octanol–water partition coefficient (Wildman–Crippen LogP) is 0.310. The minimum absolute atomic E-state index is 0.0651. The van der Waals surface area contributed by atoms with E-state index >= 15 is 0 Å². The topological polar surface area (TPSA) is 104 Å². The van der Waals surface area contributed by atoms with E-state index in [4.69, 9.17) is 0 Å². The first kappa shape index (κ1) is 14.1. The Morgan fingerprint density at radius 3 is 2.71 bits per heavy atom. The van der Waals surface area contributed by atoms with Gasteiger partial charge < -0.3 is 0 Å². The summed E-state index contributed by atoms with van der Waals surface area (Å²) in [5.74, 6) is 0.318. The Labute approximate surface area is 122 Å². The molecule has 0 radical (unpaired) electrons. The molecule has 2 atom stereocenters. The van der Waals surface area contributed by atoms with Crippen molar-refractivity contribution in [2.45, 2.75) is 63.6 Å². The molecule has 2 fully saturated rings. The molecular formula is C13H20N6O2. The second-order valence-electron chi connectivity index (χ2n) is 5.81. The zero-order valence-electron chi connectivity index (χ0n) is 12.1. The van der Waals surface area contributed by atoms with Crippen LogP contribution in [0.5, 0.6) is 0 Å². The van der Waals surface area contributed by atoms with Crippen LogP contribution < -0.4 is 5.32 Å². The third kappa shape index (κ3) is 2.80. The molecule has 2 unspecified atom stereocenters. The number of hydrogen-bond acceptors (Lipinski definition) is 6. The largest absolute Gasteiger partial charge is 0.296 e. The van der Waals surface area contributed by atoms with Crippen molar-refractivity contribution in [3.63, 3.8) is 0 Å². The van der Waals surface area contributed by atoms with Crippen LogP contribution in [0.4, 0.5) is 0 Å². The highest BCUT2D eigenvalue weighted by atomic mass is 16.2. The van der Waals surface area contributed by atoms with Crippen molar-refractivity contribution in [1.29, 1.82) is 0 Å². The average molecular weight is 292 g/mol. The number of imide groups is 1. The molecule has 0 aromatic carbocycles. The van der Waals surface area contributed by atoms with Gasteiger partial charge in [-0.05, 0) is 19.8 Å². The monoisotopic (exact) mass is 292 g/mol. The van der Waals surface area contributed by atoms with Crippen molar-refractivity contribution < 1.29 is 9.59 Å². The molecule has 8 nitrogen and oxygen atoms in total. The lowest BCUT2D eigenvalue weighted by Gasteiger charge is -2.29. The summed E-state index contributed by atoms with van der Waals surface area (Å²) in [6, 6.07) is -0.615. The molecule has 2 N–H and O–H groups in total. The van der Waals surface area contributed by atoms with Crippen LogP contribution in [0.25, 0.3) is 0 Å². The van der Waals surface area contributed by atoms with Gasteiger partial charge in [0.2, 0.25) is 11.8 Å². The first-order valence-electron chi connectivity index (χ1n) is 7.52. The fourth-order valence-electron chi connectivity index (χ4n) is 3.23. The molecule has 114 valence electrons. The summed E-state index contributed by atoms with van der Waals surface area (Å²) in [5, 5.41) is 16.8. The van der Waals surface area contributed by atoms with Gasteiger partial charge in [-0.2, -0.15) is 5.21 Å². The molecule has 1 aromatic rings. The molecule has 21 heavy (non-hydrogen) atoms. The standard InChI is InChI=1S/C13H20N6O2/c1-8(12-15-17-18-16-12)14-10-7-11(20)19(13(10)21)9-5-3-2-4-6-9/h8-10,14H,2-7H2,1H3,(H,15,16,17,18). The zero-order chi connectivity index (χ0) is 14.8. The van der Waals surface area contributed by atoms with Gasteiger partial charge in [0, 0.05) is 6.04 Å². The molecule has 8 heteroatoms. The summed E-state index contributed by atoms with van der Waals surface area (Å²) in [4.78, 5) is 26.2. The Hall–Kier alpha value is -1.83. The van der Waals surface area contributed by atoms with E-state index in [1.165, 1.54) is 11.3 Å². The maximum absolute atomic E-state index is 12.5. The Bertz CT molecular complexity index is 511. The summed E-state index contributed by atoms with van der Waals surface area (Å²) in [6.45, 7) is 1.85. The second kappa shape index (κ2) is 5.88. The van der Waals surface area contributed by atoms with Crippen LogP contribution in [0.15, 0.2) is 0 Å². The molecule has 1 aliphatic carbocycles. The first-order valence-corrected chi connectivity index (χ1v) is 7.52. The van der Waals surface area contributed by atoms with Gasteiger partial charge in [0.25, 0.3) is 0 Å². The number of likely N-dealkylation sites (tertiary alicyclic amines) is 1. The van der Waals surface area contributed by atoms with Crippen LogP contribution in [-0.2, 0) is 9.59 Å². The minimum atomic E-state index is -0.479. The number of aromatic amines is 1. The van der Waals surface area contributed by atoms with E-state index in [0.29, 0.717) is 5.82 Å². The number of carbonyl (C=O) groups excluding carboxylic acids is 2. The molecule has 2 aliphatic rings. The number of nitrogens with one attached hydrogen (secondary N) is 2. The molecule has 1 aliphatic heterocycles. The number of aromatic nitrogens is 4. The third-order valence-corrected chi connectivity index (χ3v) is 4.32. The van der Waals surface area contributed by atoms with E-state index in [-0.39, 0.29) is 30.3 Å². The van der Waals surface area contributed by atoms with E-state index in [0.717, 1.165) is 25.7 Å². The van der Waals surface area contributed by atoms with E-state index < -0.39 is 6.04 Å². The normalized spacial score (nSPS) is 25.6. The summed E-state index contributed by atoms with van der Waals surface area (Å²) in [5.41, 5.74) is 0. The number of hydrogen-bond donors (Lipinski definition) is 2. The molecule has 1 saturated heterocycles. The molecule has 0 spiro atoms. The van der Waals surface area contributed by atoms with Crippen LogP contribution in [0.1, 0.15) is 57.3 Å². The van der Waals surface area contributed by atoms with Crippen LogP contribution in [0.2, 0.25) is 0 Å². The van der Waals surface area contributed by atoms with Crippen LogP contribution >= 0.6 is 0 Å². The Morgan fingerprint density at radius 1 is 1.29 bits per heavy atom. The van der Waals surface area contributed by atoms with Gasteiger partial charge in [0.15, 0.2) is 5.82 Å². The number of nitrogens with zero attached hydrogens (tertiary/aromatic N) is 4. The molecule has 1 aromatic heterocycles. The van der Waals surface area contributed by atoms with Crippen molar-refractivity contribution in [2.24, 2.45) is 0 Å². The lowest BCUT2D eigenvalue weighted by atomic mass is 9.94. The lowest BCUT2D eigenvalue weighted by Crippen LogP contribution is -2.45. The highest BCUT2D eigenvalue weighted by Gasteiger charge is 2.43. The van der Waals surface area contributed by atoms with Gasteiger partial charge >= 0.3 is 0 Å². The lowest BCUT2D eigenvalue weighted by molar-refractivity contribution is -0.142. The van der Waals surface area contributed by atoms with Gasteiger partial charge in [0.1, 0.15) is 0 Å². The summed E-state index contributed by atoms with van der Waals surface area (Å²) in [7, 11) is 0. The van der Waals surface area contributed by atoms with Gasteiger partial charge in [0.05, 0.1) is 18.5 Å². The molecule has 0 bridgehead atoms. The van der Waals surface area contributed by atoms with E-state index in [2.05, 4.69) is 25.9 Å². The van der Waals surface area contributed by atoms with Crippen LogP contribution in [0.3, 0.4) is 0 Å².